The van der Waals surface area contributed by atoms with Gasteiger partial charge in [-0.3, -0.25) is 4.90 Å². The Morgan fingerprint density at radius 1 is 0.913 bits per heavy atom. The van der Waals surface area contributed by atoms with Crippen LogP contribution in [0.4, 0.5) is 13.2 Å². The molecular weight excluding hydrogens is 325 g/mol. The first kappa shape index (κ1) is 18.6. The molecular formula is C17H24ClF3N2. The van der Waals surface area contributed by atoms with E-state index >= 15 is 0 Å². The molecule has 130 valence electrons. The average molecular weight is 349 g/mol. The van der Waals surface area contributed by atoms with Crippen molar-refractivity contribution in [3.05, 3.63) is 35.1 Å². The maximum atomic E-state index is 14.3. The van der Waals surface area contributed by atoms with Gasteiger partial charge in [0, 0.05) is 43.9 Å². The lowest BCUT2D eigenvalue weighted by molar-refractivity contribution is 0.100. The molecule has 1 aliphatic heterocycles. The number of nitrogens with one attached hydrogen (secondary N) is 1. The zero-order chi connectivity index (χ0) is 15.5. The second kappa shape index (κ2) is 8.36. The maximum absolute atomic E-state index is 14.3. The van der Waals surface area contributed by atoms with Gasteiger partial charge < -0.3 is 5.32 Å². The highest BCUT2D eigenvalue weighted by Crippen LogP contribution is 2.39. The van der Waals surface area contributed by atoms with Crippen LogP contribution in [0.3, 0.4) is 0 Å². The van der Waals surface area contributed by atoms with Gasteiger partial charge in [-0.05, 0) is 24.8 Å². The van der Waals surface area contributed by atoms with E-state index in [2.05, 4.69) is 10.2 Å². The summed E-state index contributed by atoms with van der Waals surface area (Å²) >= 11 is 0. The monoisotopic (exact) mass is 348 g/mol. The Morgan fingerprint density at radius 3 is 2.17 bits per heavy atom. The first-order valence-electron chi connectivity index (χ1n) is 8.26. The minimum absolute atomic E-state index is 0. The van der Waals surface area contributed by atoms with Crippen LogP contribution in [0.25, 0.3) is 0 Å². The molecule has 1 saturated heterocycles. The number of piperazine rings is 1. The molecule has 2 nitrogen and oxygen atoms in total. The standard InChI is InChI=1S/C17H23F3N2.ClH/c18-14-11-16(20)15(19)10-13(14)17(12-4-2-1-3-5-12)22-8-6-21-7-9-22;/h10-12,17,21H,1-9H2;1H/t17-;/m1./s1. The summed E-state index contributed by atoms with van der Waals surface area (Å²) in [4.78, 5) is 2.24. The average Bonchev–Trinajstić information content (AvgIpc) is 2.55. The van der Waals surface area contributed by atoms with Gasteiger partial charge in [-0.2, -0.15) is 0 Å². The first-order valence-corrected chi connectivity index (χ1v) is 8.26. The third-order valence-electron chi connectivity index (χ3n) is 5.00. The Bertz CT molecular complexity index is 497. The van der Waals surface area contributed by atoms with E-state index in [4.69, 9.17) is 0 Å². The van der Waals surface area contributed by atoms with Gasteiger partial charge in [-0.1, -0.05) is 19.3 Å². The van der Waals surface area contributed by atoms with Crippen molar-refractivity contribution in [3.8, 4) is 0 Å². The lowest BCUT2D eigenvalue weighted by Crippen LogP contribution is -2.47. The number of hydrogen-bond donors (Lipinski definition) is 1. The fourth-order valence-electron chi connectivity index (χ4n) is 3.92. The van der Waals surface area contributed by atoms with E-state index in [-0.39, 0.29) is 18.4 Å². The molecule has 1 aromatic rings. The fraction of sp³-hybridized carbons (Fsp3) is 0.647. The smallest absolute Gasteiger partial charge is 0.161 e. The van der Waals surface area contributed by atoms with Crippen molar-refractivity contribution < 1.29 is 13.2 Å². The number of benzene rings is 1. The molecule has 0 unspecified atom stereocenters. The molecule has 1 heterocycles. The van der Waals surface area contributed by atoms with E-state index in [9.17, 15) is 13.2 Å². The first-order chi connectivity index (χ1) is 10.7. The summed E-state index contributed by atoms with van der Waals surface area (Å²) in [7, 11) is 0. The van der Waals surface area contributed by atoms with Gasteiger partial charge >= 0.3 is 0 Å². The van der Waals surface area contributed by atoms with Crippen molar-refractivity contribution in [1.29, 1.82) is 0 Å². The molecule has 0 aromatic heterocycles. The highest BCUT2D eigenvalue weighted by Gasteiger charge is 2.33. The molecule has 6 heteroatoms. The summed E-state index contributed by atoms with van der Waals surface area (Å²) in [6.07, 6.45) is 5.56. The van der Waals surface area contributed by atoms with E-state index in [1.807, 2.05) is 0 Å². The summed E-state index contributed by atoms with van der Waals surface area (Å²) in [5.74, 6) is -2.35. The van der Waals surface area contributed by atoms with Crippen LogP contribution in [0.15, 0.2) is 12.1 Å². The Kier molecular flexibility index (Phi) is 6.74. The summed E-state index contributed by atoms with van der Waals surface area (Å²) in [6.45, 7) is 3.35. The molecule has 3 rings (SSSR count). The van der Waals surface area contributed by atoms with Crippen LogP contribution in [0.2, 0.25) is 0 Å². The number of halogens is 4. The number of nitrogens with zero attached hydrogens (tertiary/aromatic N) is 1. The lowest BCUT2D eigenvalue weighted by Gasteiger charge is -2.41. The largest absolute Gasteiger partial charge is 0.314 e. The molecule has 2 aliphatic rings. The summed E-state index contributed by atoms with van der Waals surface area (Å²) < 4.78 is 41.3. The molecule has 0 bridgehead atoms. The topological polar surface area (TPSA) is 15.3 Å². The van der Waals surface area contributed by atoms with Gasteiger partial charge in [-0.15, -0.1) is 12.4 Å². The van der Waals surface area contributed by atoms with Crippen LogP contribution in [-0.4, -0.2) is 31.1 Å². The van der Waals surface area contributed by atoms with E-state index in [1.54, 1.807) is 0 Å². The molecule has 2 fully saturated rings. The van der Waals surface area contributed by atoms with Crippen LogP contribution in [0.5, 0.6) is 0 Å². The highest BCUT2D eigenvalue weighted by atomic mass is 35.5. The van der Waals surface area contributed by atoms with Crippen LogP contribution >= 0.6 is 12.4 Å². The molecule has 1 aliphatic carbocycles. The van der Waals surface area contributed by atoms with Crippen molar-refractivity contribution in [2.45, 2.75) is 38.1 Å². The lowest BCUT2D eigenvalue weighted by atomic mass is 9.80. The zero-order valence-electron chi connectivity index (χ0n) is 13.2. The van der Waals surface area contributed by atoms with Crippen molar-refractivity contribution in [2.75, 3.05) is 26.2 Å². The molecule has 0 spiro atoms. The fourth-order valence-corrected chi connectivity index (χ4v) is 3.92. The van der Waals surface area contributed by atoms with Gasteiger partial charge in [0.25, 0.3) is 0 Å². The SMILES string of the molecule is Cl.Fc1cc(F)c([C@@H](C2CCCCC2)N2CCNCC2)cc1F. The summed E-state index contributed by atoms with van der Waals surface area (Å²) in [5.41, 5.74) is 0.327. The van der Waals surface area contributed by atoms with Crippen molar-refractivity contribution >= 4 is 12.4 Å². The molecule has 0 radical (unpaired) electrons. The Hall–Kier alpha value is -0.780. The summed E-state index contributed by atoms with van der Waals surface area (Å²) in [5, 5.41) is 3.29. The maximum Gasteiger partial charge on any atom is 0.161 e. The molecule has 23 heavy (non-hydrogen) atoms. The highest BCUT2D eigenvalue weighted by molar-refractivity contribution is 5.85. The predicted molar refractivity (Wildman–Crippen MR) is 87.3 cm³/mol. The summed E-state index contributed by atoms with van der Waals surface area (Å²) in [6, 6.07) is 1.63. The zero-order valence-corrected chi connectivity index (χ0v) is 14.0. The number of hydrogen-bond acceptors (Lipinski definition) is 2. The van der Waals surface area contributed by atoms with Gasteiger partial charge in [0.1, 0.15) is 5.82 Å². The van der Waals surface area contributed by atoms with Crippen LogP contribution in [0.1, 0.15) is 43.7 Å². The predicted octanol–water partition coefficient (Wildman–Crippen LogP) is 4.05. The normalized spacial score (nSPS) is 21.7. The second-order valence-corrected chi connectivity index (χ2v) is 6.42. The van der Waals surface area contributed by atoms with E-state index in [0.29, 0.717) is 17.5 Å². The molecule has 1 aromatic carbocycles. The third kappa shape index (κ3) is 4.20. The molecule has 1 N–H and O–H groups in total. The Balaban J connectivity index is 0.00000192. The second-order valence-electron chi connectivity index (χ2n) is 6.42. The Morgan fingerprint density at radius 2 is 1.52 bits per heavy atom. The number of rotatable bonds is 3. The Labute approximate surface area is 141 Å². The van der Waals surface area contributed by atoms with E-state index in [1.165, 1.54) is 6.42 Å². The molecule has 1 saturated carbocycles. The quantitative estimate of drug-likeness (QED) is 0.829. The third-order valence-corrected chi connectivity index (χ3v) is 5.00. The van der Waals surface area contributed by atoms with Crippen LogP contribution in [-0.2, 0) is 0 Å². The van der Waals surface area contributed by atoms with Gasteiger partial charge in [0.15, 0.2) is 11.6 Å². The van der Waals surface area contributed by atoms with E-state index < -0.39 is 17.5 Å². The van der Waals surface area contributed by atoms with Crippen LogP contribution in [0, 0.1) is 23.4 Å². The molecule has 1 atom stereocenters. The van der Waals surface area contributed by atoms with Gasteiger partial charge in [0.2, 0.25) is 0 Å². The van der Waals surface area contributed by atoms with Crippen LogP contribution < -0.4 is 5.32 Å². The minimum Gasteiger partial charge on any atom is -0.314 e. The minimum atomic E-state index is -1.11. The van der Waals surface area contributed by atoms with Crippen molar-refractivity contribution in [2.24, 2.45) is 5.92 Å². The van der Waals surface area contributed by atoms with Gasteiger partial charge in [0.05, 0.1) is 0 Å². The van der Waals surface area contributed by atoms with E-state index in [0.717, 1.165) is 57.9 Å². The van der Waals surface area contributed by atoms with Crippen molar-refractivity contribution in [3.63, 3.8) is 0 Å². The van der Waals surface area contributed by atoms with Crippen molar-refractivity contribution in [1.82, 2.24) is 10.2 Å². The molecule has 0 amide bonds. The van der Waals surface area contributed by atoms with Gasteiger partial charge in [-0.25, -0.2) is 13.2 Å².